The first kappa shape index (κ1) is 13.2. The second-order valence-corrected chi connectivity index (χ2v) is 6.50. The van der Waals surface area contributed by atoms with E-state index in [0.29, 0.717) is 12.0 Å². The Hall–Kier alpha value is -0.830. The molecule has 3 aliphatic rings. The zero-order chi connectivity index (χ0) is 13.2. The molecule has 2 aliphatic heterocycles. The molecule has 0 radical (unpaired) electrons. The smallest absolute Gasteiger partial charge is 0.246 e. The highest BCUT2D eigenvalue weighted by Gasteiger charge is 2.31. The Bertz CT molecular complexity index is 367. The zero-order valence-corrected chi connectivity index (χ0v) is 12.1. The van der Waals surface area contributed by atoms with Crippen LogP contribution in [-0.4, -0.2) is 47.9 Å². The van der Waals surface area contributed by atoms with E-state index in [2.05, 4.69) is 16.7 Å². The van der Waals surface area contributed by atoms with Crippen LogP contribution in [0.2, 0.25) is 0 Å². The van der Waals surface area contributed by atoms with E-state index in [4.69, 9.17) is 0 Å². The molecular weight excluding hydrogens is 236 g/mol. The van der Waals surface area contributed by atoms with Crippen LogP contribution in [0.15, 0.2) is 11.6 Å². The van der Waals surface area contributed by atoms with Crippen LogP contribution in [0.25, 0.3) is 0 Å². The lowest BCUT2D eigenvalue weighted by Gasteiger charge is -2.28. The largest absolute Gasteiger partial charge is 0.335 e. The van der Waals surface area contributed by atoms with E-state index >= 15 is 0 Å². The highest BCUT2D eigenvalue weighted by molar-refractivity contribution is 5.88. The molecule has 1 atom stereocenters. The summed E-state index contributed by atoms with van der Waals surface area (Å²) in [5.41, 5.74) is 1.30. The van der Waals surface area contributed by atoms with Gasteiger partial charge in [-0.1, -0.05) is 5.57 Å². The van der Waals surface area contributed by atoms with Crippen molar-refractivity contribution in [2.24, 2.45) is 5.92 Å². The maximum atomic E-state index is 12.4. The van der Waals surface area contributed by atoms with Gasteiger partial charge in [-0.05, 0) is 64.5 Å². The molecule has 0 spiro atoms. The average Bonchev–Trinajstić information content (AvgIpc) is 2.93. The molecule has 3 heteroatoms. The van der Waals surface area contributed by atoms with Crippen molar-refractivity contribution in [3.05, 3.63) is 11.6 Å². The van der Waals surface area contributed by atoms with Crippen LogP contribution in [0.4, 0.5) is 0 Å². The first-order valence-corrected chi connectivity index (χ1v) is 7.95. The van der Waals surface area contributed by atoms with Crippen molar-refractivity contribution in [1.82, 2.24) is 9.80 Å². The molecule has 0 aromatic carbocycles. The lowest BCUT2D eigenvalue weighted by molar-refractivity contribution is -0.127. The van der Waals surface area contributed by atoms with Gasteiger partial charge in [-0.2, -0.15) is 0 Å². The monoisotopic (exact) mass is 262 g/mol. The number of amides is 1. The highest BCUT2D eigenvalue weighted by Crippen LogP contribution is 2.36. The van der Waals surface area contributed by atoms with E-state index in [1.165, 1.54) is 57.2 Å². The third kappa shape index (κ3) is 3.19. The minimum Gasteiger partial charge on any atom is -0.335 e. The van der Waals surface area contributed by atoms with Crippen molar-refractivity contribution in [1.29, 1.82) is 0 Å². The highest BCUT2D eigenvalue weighted by atomic mass is 16.2. The van der Waals surface area contributed by atoms with Gasteiger partial charge >= 0.3 is 0 Å². The predicted octanol–water partition coefficient (Wildman–Crippen LogP) is 2.43. The van der Waals surface area contributed by atoms with Gasteiger partial charge in [0.1, 0.15) is 0 Å². The van der Waals surface area contributed by atoms with Crippen molar-refractivity contribution >= 4 is 5.91 Å². The zero-order valence-electron chi connectivity index (χ0n) is 12.1. The van der Waals surface area contributed by atoms with Crippen LogP contribution < -0.4 is 0 Å². The number of hydrogen-bond acceptors (Lipinski definition) is 2. The van der Waals surface area contributed by atoms with E-state index in [1.54, 1.807) is 0 Å². The first-order valence-electron chi connectivity index (χ1n) is 7.95. The number of hydrogen-bond donors (Lipinski definition) is 0. The van der Waals surface area contributed by atoms with E-state index in [9.17, 15) is 4.79 Å². The van der Waals surface area contributed by atoms with Crippen molar-refractivity contribution in [3.8, 4) is 0 Å². The summed E-state index contributed by atoms with van der Waals surface area (Å²) in [6.45, 7) is 6.65. The maximum Gasteiger partial charge on any atom is 0.246 e. The van der Waals surface area contributed by atoms with Crippen molar-refractivity contribution in [3.63, 3.8) is 0 Å². The number of allylic oxidation sites excluding steroid dienone is 1. The molecule has 0 unspecified atom stereocenters. The molecule has 0 bridgehead atoms. The molecule has 19 heavy (non-hydrogen) atoms. The summed E-state index contributed by atoms with van der Waals surface area (Å²) in [6.07, 6.45) is 9.53. The topological polar surface area (TPSA) is 23.6 Å². The van der Waals surface area contributed by atoms with Crippen molar-refractivity contribution < 1.29 is 4.79 Å². The van der Waals surface area contributed by atoms with Gasteiger partial charge in [-0.15, -0.1) is 0 Å². The van der Waals surface area contributed by atoms with Crippen LogP contribution in [0.3, 0.4) is 0 Å². The summed E-state index contributed by atoms with van der Waals surface area (Å²) in [4.78, 5) is 17.1. The van der Waals surface area contributed by atoms with Gasteiger partial charge in [-0.25, -0.2) is 0 Å². The van der Waals surface area contributed by atoms with Crippen LogP contribution in [0.5, 0.6) is 0 Å². The first-order chi connectivity index (χ1) is 9.24. The fraction of sp³-hybridized carbons (Fsp3) is 0.812. The van der Waals surface area contributed by atoms with Crippen molar-refractivity contribution in [2.75, 3.05) is 26.2 Å². The summed E-state index contributed by atoms with van der Waals surface area (Å²) in [6, 6.07) is 0.467. The molecule has 3 rings (SSSR count). The molecule has 0 aromatic heterocycles. The van der Waals surface area contributed by atoms with Gasteiger partial charge in [-0.3, -0.25) is 4.79 Å². The summed E-state index contributed by atoms with van der Waals surface area (Å²) < 4.78 is 0. The molecule has 106 valence electrons. The van der Waals surface area contributed by atoms with E-state index < -0.39 is 0 Å². The molecule has 1 aliphatic carbocycles. The standard InChI is InChI=1S/C16H26N2O/c1-13(14-6-7-14)11-16(19)18-10-4-5-15(18)12-17-8-2-3-9-17/h11,14-15H,2-10,12H2,1H3/b13-11+/t15-/m1/s1. The van der Waals surface area contributed by atoms with Gasteiger partial charge in [0.05, 0.1) is 0 Å². The summed E-state index contributed by atoms with van der Waals surface area (Å²) in [5.74, 6) is 0.981. The van der Waals surface area contributed by atoms with E-state index in [0.717, 1.165) is 13.1 Å². The lowest BCUT2D eigenvalue weighted by atomic mass is 10.1. The molecule has 1 saturated carbocycles. The molecular formula is C16H26N2O. The number of carbonyl (C=O) groups excluding carboxylic acids is 1. The Morgan fingerprint density at radius 1 is 1.11 bits per heavy atom. The minimum atomic E-state index is 0.270. The van der Waals surface area contributed by atoms with Gasteiger partial charge < -0.3 is 9.80 Å². The summed E-state index contributed by atoms with van der Waals surface area (Å²) in [7, 11) is 0. The molecule has 2 heterocycles. The fourth-order valence-corrected chi connectivity index (χ4v) is 3.51. The van der Waals surface area contributed by atoms with Crippen LogP contribution in [0, 0.1) is 5.92 Å². The molecule has 0 aromatic rings. The quantitative estimate of drug-likeness (QED) is 0.727. The fourth-order valence-electron chi connectivity index (χ4n) is 3.51. The number of rotatable bonds is 4. The summed E-state index contributed by atoms with van der Waals surface area (Å²) in [5, 5.41) is 0. The van der Waals surface area contributed by atoms with E-state index in [1.807, 2.05) is 6.08 Å². The predicted molar refractivity (Wildman–Crippen MR) is 76.9 cm³/mol. The van der Waals surface area contributed by atoms with Gasteiger partial charge in [0.25, 0.3) is 0 Å². The SMILES string of the molecule is C/C(=C\C(=O)N1CCC[C@@H]1CN1CCCC1)C1CC1. The Morgan fingerprint density at radius 2 is 1.84 bits per heavy atom. The maximum absolute atomic E-state index is 12.4. The normalized spacial score (nSPS) is 29.2. The number of likely N-dealkylation sites (tertiary alicyclic amines) is 2. The van der Waals surface area contributed by atoms with Gasteiger partial charge in [0, 0.05) is 25.2 Å². The van der Waals surface area contributed by atoms with Crippen LogP contribution in [-0.2, 0) is 4.79 Å². The molecule has 3 fully saturated rings. The number of nitrogens with zero attached hydrogens (tertiary/aromatic N) is 2. The Morgan fingerprint density at radius 3 is 2.53 bits per heavy atom. The summed E-state index contributed by atoms with van der Waals surface area (Å²) >= 11 is 0. The average molecular weight is 262 g/mol. The van der Waals surface area contributed by atoms with Crippen molar-refractivity contribution in [2.45, 2.75) is 51.5 Å². The second kappa shape index (κ2) is 5.66. The third-order valence-corrected chi connectivity index (χ3v) is 4.90. The number of carbonyl (C=O) groups is 1. The lowest BCUT2D eigenvalue weighted by Crippen LogP contribution is -2.42. The van der Waals surface area contributed by atoms with Gasteiger partial charge in [0.2, 0.25) is 5.91 Å². The van der Waals surface area contributed by atoms with Crippen LogP contribution in [0.1, 0.15) is 45.4 Å². The van der Waals surface area contributed by atoms with Gasteiger partial charge in [0.15, 0.2) is 0 Å². The molecule has 3 nitrogen and oxygen atoms in total. The Kier molecular flexibility index (Phi) is 3.92. The Balaban J connectivity index is 1.58. The Labute approximate surface area is 116 Å². The van der Waals surface area contributed by atoms with Crippen LogP contribution >= 0.6 is 0 Å². The third-order valence-electron chi connectivity index (χ3n) is 4.90. The second-order valence-electron chi connectivity index (χ2n) is 6.50. The minimum absolute atomic E-state index is 0.270. The van der Waals surface area contributed by atoms with E-state index in [-0.39, 0.29) is 5.91 Å². The molecule has 2 saturated heterocycles. The molecule has 1 amide bonds. The molecule has 0 N–H and O–H groups in total.